The highest BCUT2D eigenvalue weighted by molar-refractivity contribution is 6.12. The van der Waals surface area contributed by atoms with Gasteiger partial charge < -0.3 is 0 Å². The van der Waals surface area contributed by atoms with Crippen LogP contribution in [0.25, 0.3) is 17.7 Å². The fourth-order valence-electron chi connectivity index (χ4n) is 5.54. The maximum Gasteiger partial charge on any atom is 0.155 e. The Labute approximate surface area is 266 Å². The second kappa shape index (κ2) is 14.2. The third-order valence-corrected chi connectivity index (χ3v) is 7.85. The average molecular weight is 581 g/mol. The number of fused-ring (bicyclic) bond motifs is 2. The van der Waals surface area contributed by atoms with Crippen molar-refractivity contribution in [1.82, 2.24) is 0 Å². The molecule has 1 aliphatic carbocycles. The highest BCUT2D eigenvalue weighted by Gasteiger charge is 2.12. The summed E-state index contributed by atoms with van der Waals surface area (Å²) < 4.78 is 0. The summed E-state index contributed by atoms with van der Waals surface area (Å²) in [6, 6.07) is 46.7. The maximum absolute atomic E-state index is 5.12. The van der Waals surface area contributed by atoms with Crippen LogP contribution in [-0.4, -0.2) is 11.5 Å². The molecule has 0 spiro atoms. The Balaban J connectivity index is 1.60. The zero-order valence-corrected chi connectivity index (χ0v) is 25.8. The van der Waals surface area contributed by atoms with E-state index in [1.54, 1.807) is 0 Å². The summed E-state index contributed by atoms with van der Waals surface area (Å²) in [4.78, 5) is 10.2. The Morgan fingerprint density at radius 3 is 2.18 bits per heavy atom. The van der Waals surface area contributed by atoms with E-state index in [4.69, 9.17) is 9.98 Å². The van der Waals surface area contributed by atoms with Crippen LogP contribution in [0.3, 0.4) is 0 Å². The molecule has 5 aromatic carbocycles. The molecule has 0 N–H and O–H groups in total. The first-order chi connectivity index (χ1) is 22.2. The summed E-state index contributed by atoms with van der Waals surface area (Å²) in [5.41, 5.74) is 10.1. The largest absolute Gasteiger partial charge is 0.261 e. The molecule has 0 saturated heterocycles. The standard InChI is InChI=1S/C43H36N2/c1-32-16-15-25-39(30-32)42-40-26-13-11-22-36(40)21-9-10-24-38(29-28-37-23-12-14-27-41(37)42)43(44-31-34-17-5-3-6-18-34)45-33(2)35-19-7-4-8-20-35/h3-30H,31H2,1-2H3. The molecule has 0 radical (unpaired) electrons. The Morgan fingerprint density at radius 1 is 0.644 bits per heavy atom. The van der Waals surface area contributed by atoms with Gasteiger partial charge in [-0.3, -0.25) is 4.99 Å². The van der Waals surface area contributed by atoms with Gasteiger partial charge in [0, 0.05) is 11.3 Å². The van der Waals surface area contributed by atoms with Crippen LogP contribution in [0.15, 0.2) is 173 Å². The summed E-state index contributed by atoms with van der Waals surface area (Å²) >= 11 is 0. The van der Waals surface area contributed by atoms with Crippen LogP contribution in [-0.2, 0) is 6.54 Å². The van der Waals surface area contributed by atoms with Gasteiger partial charge in [-0.05, 0) is 57.7 Å². The number of nitrogens with zero attached hydrogens (tertiary/aromatic N) is 2. The maximum atomic E-state index is 5.12. The Kier molecular flexibility index (Phi) is 9.33. The average Bonchev–Trinajstić information content (AvgIpc) is 3.08. The molecule has 0 saturated carbocycles. The fourth-order valence-corrected chi connectivity index (χ4v) is 5.54. The van der Waals surface area contributed by atoms with E-state index in [0.29, 0.717) is 12.4 Å². The predicted molar refractivity (Wildman–Crippen MR) is 192 cm³/mol. The summed E-state index contributed by atoms with van der Waals surface area (Å²) in [6.07, 6.45) is 12.8. The van der Waals surface area contributed by atoms with E-state index in [1.807, 2.05) is 43.3 Å². The lowest BCUT2D eigenvalue weighted by atomic mass is 9.90. The summed E-state index contributed by atoms with van der Waals surface area (Å²) in [6.45, 7) is 4.74. The van der Waals surface area contributed by atoms with E-state index in [-0.39, 0.29) is 0 Å². The molecular weight excluding hydrogens is 544 g/mol. The highest BCUT2D eigenvalue weighted by Crippen LogP contribution is 2.26. The molecule has 218 valence electrons. The van der Waals surface area contributed by atoms with Crippen molar-refractivity contribution in [2.24, 2.45) is 9.98 Å². The van der Waals surface area contributed by atoms with Crippen LogP contribution in [0.2, 0.25) is 0 Å². The molecule has 0 aliphatic heterocycles. The number of hydrogen-bond donors (Lipinski definition) is 0. The highest BCUT2D eigenvalue weighted by atomic mass is 14.9. The van der Waals surface area contributed by atoms with Gasteiger partial charge in [0.2, 0.25) is 0 Å². The van der Waals surface area contributed by atoms with Gasteiger partial charge >= 0.3 is 0 Å². The minimum absolute atomic E-state index is 0.540. The minimum atomic E-state index is 0.540. The van der Waals surface area contributed by atoms with E-state index >= 15 is 0 Å². The lowest BCUT2D eigenvalue weighted by molar-refractivity contribution is 1.06. The first-order valence-corrected chi connectivity index (χ1v) is 15.4. The van der Waals surface area contributed by atoms with E-state index in [1.165, 1.54) is 27.5 Å². The molecule has 0 atom stereocenters. The molecule has 1 aliphatic rings. The molecule has 0 heterocycles. The van der Waals surface area contributed by atoms with Crippen molar-refractivity contribution < 1.29 is 0 Å². The SMILES string of the molecule is CC(=NC(=NCc1ccccc1)C1=CC=c2ccccc2=C(c2cccc(C)c2)c2ccccc2C=CC=C1)c1ccccc1. The van der Waals surface area contributed by atoms with Gasteiger partial charge in [-0.25, -0.2) is 4.99 Å². The van der Waals surface area contributed by atoms with Crippen molar-refractivity contribution >= 4 is 29.3 Å². The second-order valence-electron chi connectivity index (χ2n) is 11.1. The van der Waals surface area contributed by atoms with Crippen LogP contribution in [0.1, 0.15) is 40.3 Å². The smallest absolute Gasteiger partial charge is 0.155 e. The molecule has 2 nitrogen and oxygen atoms in total. The Bertz CT molecular complexity index is 2080. The fraction of sp³-hybridized carbons (Fsp3) is 0.0698. The predicted octanol–water partition coefficient (Wildman–Crippen LogP) is 8.64. The molecule has 0 aromatic heterocycles. The van der Waals surface area contributed by atoms with Crippen LogP contribution in [0.5, 0.6) is 0 Å². The quantitative estimate of drug-likeness (QED) is 0.147. The minimum Gasteiger partial charge on any atom is -0.261 e. The van der Waals surface area contributed by atoms with Crippen molar-refractivity contribution in [3.63, 3.8) is 0 Å². The number of hydrogen-bond acceptors (Lipinski definition) is 1. The van der Waals surface area contributed by atoms with Crippen LogP contribution >= 0.6 is 0 Å². The van der Waals surface area contributed by atoms with E-state index in [9.17, 15) is 0 Å². The van der Waals surface area contributed by atoms with E-state index in [0.717, 1.165) is 33.2 Å². The molecule has 2 heteroatoms. The molecule has 5 aromatic rings. The number of aryl methyl sites for hydroxylation is 1. The van der Waals surface area contributed by atoms with Crippen LogP contribution in [0.4, 0.5) is 0 Å². The topological polar surface area (TPSA) is 24.7 Å². The van der Waals surface area contributed by atoms with Crippen LogP contribution < -0.4 is 10.4 Å². The van der Waals surface area contributed by atoms with Crippen LogP contribution in [0, 0.1) is 6.92 Å². The Morgan fingerprint density at radius 2 is 1.36 bits per heavy atom. The zero-order valence-electron chi connectivity index (χ0n) is 25.8. The van der Waals surface area contributed by atoms with Gasteiger partial charge in [0.25, 0.3) is 0 Å². The van der Waals surface area contributed by atoms with Gasteiger partial charge in [0.15, 0.2) is 5.84 Å². The number of aliphatic imine (C=N–C) groups is 2. The van der Waals surface area contributed by atoms with Crippen molar-refractivity contribution in [1.29, 1.82) is 0 Å². The third kappa shape index (κ3) is 7.31. The summed E-state index contributed by atoms with van der Waals surface area (Å²) in [5.74, 6) is 0.693. The molecule has 0 bridgehead atoms. The molecular formula is C43H36N2. The number of rotatable bonds is 5. The van der Waals surface area contributed by atoms with E-state index in [2.05, 4.69) is 140 Å². The lowest BCUT2D eigenvalue weighted by Crippen LogP contribution is -2.27. The third-order valence-electron chi connectivity index (χ3n) is 7.85. The molecule has 45 heavy (non-hydrogen) atoms. The van der Waals surface area contributed by atoms with Gasteiger partial charge in [-0.1, -0.05) is 175 Å². The number of benzene rings is 5. The first-order valence-electron chi connectivity index (χ1n) is 15.4. The van der Waals surface area contributed by atoms with Crippen molar-refractivity contribution in [3.8, 4) is 0 Å². The molecule has 0 fully saturated rings. The monoisotopic (exact) mass is 580 g/mol. The van der Waals surface area contributed by atoms with Gasteiger partial charge in [0.05, 0.1) is 6.54 Å². The van der Waals surface area contributed by atoms with Crippen molar-refractivity contribution in [3.05, 3.63) is 207 Å². The number of allylic oxidation sites excluding steroid dienone is 3. The first kappa shape index (κ1) is 29.5. The normalized spacial score (nSPS) is 13.6. The van der Waals surface area contributed by atoms with Gasteiger partial charge in [-0.2, -0.15) is 0 Å². The molecule has 0 unspecified atom stereocenters. The molecule has 0 amide bonds. The van der Waals surface area contributed by atoms with Gasteiger partial charge in [0.1, 0.15) is 0 Å². The second-order valence-corrected chi connectivity index (χ2v) is 11.1. The van der Waals surface area contributed by atoms with Crippen molar-refractivity contribution in [2.45, 2.75) is 20.4 Å². The van der Waals surface area contributed by atoms with E-state index < -0.39 is 0 Å². The summed E-state index contributed by atoms with van der Waals surface area (Å²) in [7, 11) is 0. The zero-order chi connectivity index (χ0) is 30.8. The van der Waals surface area contributed by atoms with Crippen molar-refractivity contribution in [2.75, 3.05) is 0 Å². The summed E-state index contributed by atoms with van der Waals surface area (Å²) in [5, 5.41) is 2.31. The Hall–Kier alpha value is -5.60. The molecule has 6 rings (SSSR count). The number of amidine groups is 1. The van der Waals surface area contributed by atoms with Gasteiger partial charge in [-0.15, -0.1) is 0 Å². The lowest BCUT2D eigenvalue weighted by Gasteiger charge is -2.14.